The highest BCUT2D eigenvalue weighted by Gasteiger charge is 2.23. The third kappa shape index (κ3) is 7.79. The van der Waals surface area contributed by atoms with Crippen LogP contribution in [0.5, 0.6) is 0 Å². The molecule has 0 spiro atoms. The molecule has 3 aromatic rings. The van der Waals surface area contributed by atoms with E-state index in [4.69, 9.17) is 9.47 Å². The van der Waals surface area contributed by atoms with Crippen molar-refractivity contribution in [2.75, 3.05) is 13.7 Å². The first kappa shape index (κ1) is 26.2. The molecule has 5 heteroatoms. The molecule has 2 atom stereocenters. The van der Waals surface area contributed by atoms with Gasteiger partial charge in [-0.05, 0) is 68.5 Å². The lowest BCUT2D eigenvalue weighted by molar-refractivity contribution is -0.153. The summed E-state index contributed by atoms with van der Waals surface area (Å²) in [6.45, 7) is 7.78. The first-order valence-corrected chi connectivity index (χ1v) is 11.9. The standard InChI is InChI=1S/C30H35NO4/c1-21(31-20-28(32)35-30(2,3)4)27(19-22-10-9-13-26(18-22)29(33)34-5)25-16-14-24(15-17-25)23-11-7-6-8-12-23/h6-18,21,27,31H,19-20H2,1-5H3. The Balaban J connectivity index is 1.84. The van der Waals surface area contributed by atoms with Crippen molar-refractivity contribution < 1.29 is 19.1 Å². The van der Waals surface area contributed by atoms with Crippen LogP contribution in [-0.4, -0.2) is 37.2 Å². The Morgan fingerprint density at radius 1 is 0.886 bits per heavy atom. The smallest absolute Gasteiger partial charge is 0.337 e. The van der Waals surface area contributed by atoms with Crippen molar-refractivity contribution in [2.24, 2.45) is 0 Å². The van der Waals surface area contributed by atoms with Crippen LogP contribution in [0.4, 0.5) is 0 Å². The van der Waals surface area contributed by atoms with Crippen LogP contribution >= 0.6 is 0 Å². The Bertz CT molecular complexity index is 1120. The molecule has 0 bridgehead atoms. The Labute approximate surface area is 208 Å². The molecule has 0 aliphatic rings. The number of ether oxygens (including phenoxy) is 2. The van der Waals surface area contributed by atoms with Crippen LogP contribution in [0.2, 0.25) is 0 Å². The van der Waals surface area contributed by atoms with Gasteiger partial charge in [-0.25, -0.2) is 4.79 Å². The van der Waals surface area contributed by atoms with E-state index in [9.17, 15) is 9.59 Å². The second kappa shape index (κ2) is 11.8. The maximum atomic E-state index is 12.3. The van der Waals surface area contributed by atoms with Gasteiger partial charge in [0.15, 0.2) is 0 Å². The fourth-order valence-electron chi connectivity index (χ4n) is 4.10. The van der Waals surface area contributed by atoms with Crippen LogP contribution in [0.3, 0.4) is 0 Å². The van der Waals surface area contributed by atoms with E-state index >= 15 is 0 Å². The van der Waals surface area contributed by atoms with E-state index in [1.165, 1.54) is 7.11 Å². The molecule has 5 nitrogen and oxygen atoms in total. The van der Waals surface area contributed by atoms with Crippen LogP contribution in [0.15, 0.2) is 78.9 Å². The molecule has 0 amide bonds. The van der Waals surface area contributed by atoms with Crippen LogP contribution in [0, 0.1) is 0 Å². The molecule has 0 heterocycles. The van der Waals surface area contributed by atoms with Crippen molar-refractivity contribution in [1.82, 2.24) is 5.32 Å². The van der Waals surface area contributed by atoms with Crippen LogP contribution < -0.4 is 5.32 Å². The molecule has 0 saturated carbocycles. The van der Waals surface area contributed by atoms with E-state index in [0.717, 1.165) is 22.3 Å². The predicted molar refractivity (Wildman–Crippen MR) is 139 cm³/mol. The molecule has 0 aliphatic heterocycles. The third-order valence-electron chi connectivity index (χ3n) is 5.84. The number of rotatable bonds is 9. The van der Waals surface area contributed by atoms with Gasteiger partial charge in [0, 0.05) is 12.0 Å². The normalized spacial score (nSPS) is 13.1. The summed E-state index contributed by atoms with van der Waals surface area (Å²) in [7, 11) is 1.38. The van der Waals surface area contributed by atoms with Gasteiger partial charge in [0.25, 0.3) is 0 Å². The summed E-state index contributed by atoms with van der Waals surface area (Å²) in [4.78, 5) is 24.3. The Morgan fingerprint density at radius 2 is 1.54 bits per heavy atom. The zero-order chi connectivity index (χ0) is 25.4. The second-order valence-corrected chi connectivity index (χ2v) is 9.75. The minimum absolute atomic E-state index is 0.0214. The number of esters is 2. The summed E-state index contributed by atoms with van der Waals surface area (Å²) in [6, 6.07) is 26.3. The van der Waals surface area contributed by atoms with E-state index in [1.54, 1.807) is 6.07 Å². The summed E-state index contributed by atoms with van der Waals surface area (Å²) in [6.07, 6.45) is 0.692. The predicted octanol–water partition coefficient (Wildman–Crippen LogP) is 5.79. The van der Waals surface area contributed by atoms with Crippen molar-refractivity contribution in [1.29, 1.82) is 0 Å². The SMILES string of the molecule is COC(=O)c1cccc(CC(c2ccc(-c3ccccc3)cc2)C(C)NCC(=O)OC(C)(C)C)c1. The lowest BCUT2D eigenvalue weighted by atomic mass is 9.85. The fourth-order valence-corrected chi connectivity index (χ4v) is 4.10. The van der Waals surface area contributed by atoms with Crippen molar-refractivity contribution in [2.45, 2.75) is 51.7 Å². The van der Waals surface area contributed by atoms with E-state index in [1.807, 2.05) is 57.2 Å². The summed E-state index contributed by atoms with van der Waals surface area (Å²) in [5.41, 5.74) is 4.49. The van der Waals surface area contributed by atoms with Crippen molar-refractivity contribution in [3.63, 3.8) is 0 Å². The van der Waals surface area contributed by atoms with Gasteiger partial charge in [-0.15, -0.1) is 0 Å². The van der Waals surface area contributed by atoms with Crippen LogP contribution in [0.1, 0.15) is 55.1 Å². The van der Waals surface area contributed by atoms with Gasteiger partial charge < -0.3 is 14.8 Å². The van der Waals surface area contributed by atoms with Gasteiger partial charge in [-0.2, -0.15) is 0 Å². The molecule has 3 rings (SSSR count). The number of carbonyl (C=O) groups is 2. The summed E-state index contributed by atoms with van der Waals surface area (Å²) in [5, 5.41) is 3.35. The van der Waals surface area contributed by atoms with Gasteiger partial charge in [-0.1, -0.05) is 66.7 Å². The first-order valence-electron chi connectivity index (χ1n) is 11.9. The third-order valence-corrected chi connectivity index (χ3v) is 5.84. The summed E-state index contributed by atoms with van der Waals surface area (Å²) >= 11 is 0. The fraction of sp³-hybridized carbons (Fsp3) is 0.333. The number of methoxy groups -OCH3 is 1. The average Bonchev–Trinajstić information content (AvgIpc) is 2.85. The Morgan fingerprint density at radius 3 is 2.17 bits per heavy atom. The Kier molecular flexibility index (Phi) is 8.83. The second-order valence-electron chi connectivity index (χ2n) is 9.75. The molecule has 184 valence electrons. The minimum atomic E-state index is -0.525. The lowest BCUT2D eigenvalue weighted by Gasteiger charge is -2.27. The highest BCUT2D eigenvalue weighted by atomic mass is 16.6. The molecule has 2 unspecified atom stereocenters. The molecule has 0 saturated heterocycles. The molecular formula is C30H35NO4. The van der Waals surface area contributed by atoms with Crippen molar-refractivity contribution in [3.8, 4) is 11.1 Å². The van der Waals surface area contributed by atoms with E-state index < -0.39 is 5.60 Å². The first-order chi connectivity index (χ1) is 16.7. The molecule has 35 heavy (non-hydrogen) atoms. The largest absolute Gasteiger partial charge is 0.465 e. The zero-order valence-corrected chi connectivity index (χ0v) is 21.2. The van der Waals surface area contributed by atoms with Gasteiger partial charge in [0.05, 0.1) is 19.2 Å². The molecular weight excluding hydrogens is 438 g/mol. The number of benzene rings is 3. The molecule has 3 aromatic carbocycles. The Hall–Kier alpha value is -3.44. The monoisotopic (exact) mass is 473 g/mol. The number of hydrogen-bond acceptors (Lipinski definition) is 5. The molecule has 0 fully saturated rings. The van der Waals surface area contributed by atoms with Gasteiger partial charge in [-0.3, -0.25) is 4.79 Å². The summed E-state index contributed by atoms with van der Waals surface area (Å²) in [5.74, 6) is -0.572. The van der Waals surface area contributed by atoms with Crippen LogP contribution in [-0.2, 0) is 20.7 Å². The van der Waals surface area contributed by atoms with Crippen molar-refractivity contribution in [3.05, 3.63) is 95.6 Å². The lowest BCUT2D eigenvalue weighted by Crippen LogP contribution is -2.39. The minimum Gasteiger partial charge on any atom is -0.465 e. The van der Waals surface area contributed by atoms with E-state index in [-0.39, 0.29) is 30.4 Å². The average molecular weight is 474 g/mol. The van der Waals surface area contributed by atoms with Crippen LogP contribution in [0.25, 0.3) is 11.1 Å². The maximum absolute atomic E-state index is 12.3. The van der Waals surface area contributed by atoms with Gasteiger partial charge >= 0.3 is 11.9 Å². The van der Waals surface area contributed by atoms with E-state index in [2.05, 4.69) is 48.6 Å². The highest BCUT2D eigenvalue weighted by Crippen LogP contribution is 2.28. The topological polar surface area (TPSA) is 64.6 Å². The number of carbonyl (C=O) groups excluding carboxylic acids is 2. The van der Waals surface area contributed by atoms with Gasteiger partial charge in [0.1, 0.15) is 5.60 Å². The molecule has 0 aliphatic carbocycles. The summed E-state index contributed by atoms with van der Waals surface area (Å²) < 4.78 is 10.3. The zero-order valence-electron chi connectivity index (χ0n) is 21.2. The number of hydrogen-bond donors (Lipinski definition) is 1. The molecule has 0 radical (unpaired) electrons. The molecule has 0 aromatic heterocycles. The van der Waals surface area contributed by atoms with E-state index in [0.29, 0.717) is 12.0 Å². The highest BCUT2D eigenvalue weighted by molar-refractivity contribution is 5.89. The van der Waals surface area contributed by atoms with Crippen molar-refractivity contribution >= 4 is 11.9 Å². The van der Waals surface area contributed by atoms with Gasteiger partial charge in [0.2, 0.25) is 0 Å². The quantitative estimate of drug-likeness (QED) is 0.399. The maximum Gasteiger partial charge on any atom is 0.337 e. The number of nitrogens with one attached hydrogen (secondary N) is 1. The molecule has 1 N–H and O–H groups in total.